The molecule has 1 aromatic carbocycles. The molecule has 3 rings (SSSR count). The van der Waals surface area contributed by atoms with E-state index in [1.807, 2.05) is 30.3 Å². The van der Waals surface area contributed by atoms with Crippen LogP contribution in [0.2, 0.25) is 0 Å². The minimum atomic E-state index is -3.43. The Hall–Kier alpha value is -2.49. The number of rotatable bonds is 10. The summed E-state index contributed by atoms with van der Waals surface area (Å²) in [5.74, 6) is 0.497. The third-order valence-electron chi connectivity index (χ3n) is 5.77. The summed E-state index contributed by atoms with van der Waals surface area (Å²) < 4.78 is 26.9. The average Bonchev–Trinajstić information content (AvgIpc) is 2.83. The van der Waals surface area contributed by atoms with E-state index in [-0.39, 0.29) is 18.2 Å². The number of amides is 1. The molecule has 0 saturated carbocycles. The number of hydrogen-bond donors (Lipinski definition) is 1. The molecule has 1 N–H and O–H groups in total. The van der Waals surface area contributed by atoms with Crippen LogP contribution in [0.25, 0.3) is 0 Å². The number of nitrogens with one attached hydrogen (secondary N) is 1. The highest BCUT2D eigenvalue weighted by Crippen LogP contribution is 2.15. The van der Waals surface area contributed by atoms with Gasteiger partial charge in [-0.1, -0.05) is 32.0 Å². The lowest BCUT2D eigenvalue weighted by Crippen LogP contribution is -2.50. The highest BCUT2D eigenvalue weighted by molar-refractivity contribution is 7.89. The van der Waals surface area contributed by atoms with Gasteiger partial charge in [-0.2, -0.15) is 4.31 Å². The van der Waals surface area contributed by atoms with Crippen LogP contribution in [0.5, 0.6) is 0 Å². The molecule has 174 valence electrons. The maximum absolute atomic E-state index is 12.7. The number of carbonyl (C=O) groups excluding carboxylic acids is 1. The molecule has 1 saturated heterocycles. The number of benzene rings is 1. The molecule has 8 nitrogen and oxygen atoms in total. The summed E-state index contributed by atoms with van der Waals surface area (Å²) in [6.07, 6.45) is 1.74. The zero-order valence-corrected chi connectivity index (χ0v) is 19.7. The van der Waals surface area contributed by atoms with Crippen LogP contribution in [0.1, 0.15) is 29.8 Å². The molecule has 1 aromatic heterocycles. The van der Waals surface area contributed by atoms with Crippen LogP contribution in [-0.4, -0.2) is 80.1 Å². The van der Waals surface area contributed by atoms with Crippen molar-refractivity contribution in [3.8, 4) is 0 Å². The van der Waals surface area contributed by atoms with Crippen molar-refractivity contribution in [1.82, 2.24) is 19.5 Å². The Balaban J connectivity index is 1.44. The zero-order valence-electron chi connectivity index (χ0n) is 18.9. The summed E-state index contributed by atoms with van der Waals surface area (Å²) in [6.45, 7) is 9.17. The van der Waals surface area contributed by atoms with Gasteiger partial charge in [0.15, 0.2) is 0 Å². The zero-order chi connectivity index (χ0) is 23.0. The maximum Gasteiger partial charge on any atom is 0.251 e. The van der Waals surface area contributed by atoms with Gasteiger partial charge in [-0.3, -0.25) is 9.69 Å². The van der Waals surface area contributed by atoms with Crippen molar-refractivity contribution in [1.29, 1.82) is 0 Å². The van der Waals surface area contributed by atoms with Crippen LogP contribution in [0.15, 0.2) is 48.7 Å². The smallest absolute Gasteiger partial charge is 0.251 e. The summed E-state index contributed by atoms with van der Waals surface area (Å²) in [5, 5.41) is 2.74. The normalized spacial score (nSPS) is 15.2. The SMILES string of the molecule is CCN(CC)Cc1ccc(C(=O)NCCS(=O)(=O)N2CCN(c3ccccn3)CC2)cc1. The van der Waals surface area contributed by atoms with Gasteiger partial charge in [0.2, 0.25) is 10.0 Å². The van der Waals surface area contributed by atoms with E-state index in [1.165, 1.54) is 4.31 Å². The van der Waals surface area contributed by atoms with Gasteiger partial charge < -0.3 is 10.2 Å². The summed E-state index contributed by atoms with van der Waals surface area (Å²) in [5.41, 5.74) is 1.69. The van der Waals surface area contributed by atoms with Gasteiger partial charge >= 0.3 is 0 Å². The molecule has 1 aliphatic heterocycles. The van der Waals surface area contributed by atoms with E-state index in [9.17, 15) is 13.2 Å². The number of anilines is 1. The van der Waals surface area contributed by atoms with Crippen LogP contribution in [0.3, 0.4) is 0 Å². The molecular formula is C23H33N5O3S. The monoisotopic (exact) mass is 459 g/mol. The molecule has 2 aromatic rings. The minimum Gasteiger partial charge on any atom is -0.354 e. The van der Waals surface area contributed by atoms with Crippen LogP contribution in [0, 0.1) is 0 Å². The molecule has 1 amide bonds. The number of sulfonamides is 1. The number of hydrogen-bond acceptors (Lipinski definition) is 6. The Bertz CT molecular complexity index is 955. The molecule has 1 fully saturated rings. The van der Waals surface area contributed by atoms with Crippen LogP contribution in [-0.2, 0) is 16.6 Å². The predicted octanol–water partition coefficient (Wildman–Crippen LogP) is 1.81. The summed E-state index contributed by atoms with van der Waals surface area (Å²) >= 11 is 0. The van der Waals surface area contributed by atoms with E-state index < -0.39 is 10.0 Å². The first-order valence-electron chi connectivity index (χ1n) is 11.2. The maximum atomic E-state index is 12.7. The summed E-state index contributed by atoms with van der Waals surface area (Å²) in [4.78, 5) is 21.1. The number of aromatic nitrogens is 1. The largest absolute Gasteiger partial charge is 0.354 e. The number of carbonyl (C=O) groups is 1. The lowest BCUT2D eigenvalue weighted by atomic mass is 10.1. The fourth-order valence-corrected chi connectivity index (χ4v) is 5.07. The van der Waals surface area contributed by atoms with Crippen molar-refractivity contribution in [2.45, 2.75) is 20.4 Å². The highest BCUT2D eigenvalue weighted by Gasteiger charge is 2.27. The second kappa shape index (κ2) is 11.4. The molecule has 2 heterocycles. The molecule has 0 unspecified atom stereocenters. The standard InChI is InChI=1S/C23H33N5O3S/c1-3-26(4-2)19-20-8-10-21(11-9-20)23(29)25-13-18-32(30,31)28-16-14-27(15-17-28)22-7-5-6-12-24-22/h5-12H,3-4,13-19H2,1-2H3,(H,25,29). The van der Waals surface area contributed by atoms with Gasteiger partial charge in [-0.25, -0.2) is 13.4 Å². The predicted molar refractivity (Wildman–Crippen MR) is 127 cm³/mol. The first-order valence-corrected chi connectivity index (χ1v) is 12.8. The third kappa shape index (κ3) is 6.51. The lowest BCUT2D eigenvalue weighted by molar-refractivity contribution is 0.0956. The van der Waals surface area contributed by atoms with E-state index in [2.05, 4.69) is 33.9 Å². The van der Waals surface area contributed by atoms with Gasteiger partial charge in [0.25, 0.3) is 5.91 Å². The van der Waals surface area contributed by atoms with Crippen molar-refractivity contribution in [2.75, 3.05) is 56.5 Å². The molecule has 0 aliphatic carbocycles. The lowest BCUT2D eigenvalue weighted by Gasteiger charge is -2.34. The average molecular weight is 460 g/mol. The number of nitrogens with zero attached hydrogens (tertiary/aromatic N) is 4. The fraction of sp³-hybridized carbons (Fsp3) is 0.478. The third-order valence-corrected chi connectivity index (χ3v) is 7.64. The topological polar surface area (TPSA) is 85.8 Å². The second-order valence-electron chi connectivity index (χ2n) is 7.80. The van der Waals surface area contributed by atoms with Crippen molar-refractivity contribution in [3.63, 3.8) is 0 Å². The molecule has 32 heavy (non-hydrogen) atoms. The molecule has 0 radical (unpaired) electrons. The van der Waals surface area contributed by atoms with Gasteiger partial charge in [0.1, 0.15) is 5.82 Å². The van der Waals surface area contributed by atoms with Crippen LogP contribution in [0.4, 0.5) is 5.82 Å². The van der Waals surface area contributed by atoms with Gasteiger partial charge in [-0.05, 0) is 42.9 Å². The van der Waals surface area contributed by atoms with Gasteiger partial charge in [-0.15, -0.1) is 0 Å². The Labute approximate surface area is 191 Å². The minimum absolute atomic E-state index is 0.0861. The number of pyridine rings is 1. The van der Waals surface area contributed by atoms with Gasteiger partial charge in [0.05, 0.1) is 5.75 Å². The van der Waals surface area contributed by atoms with Crippen LogP contribution < -0.4 is 10.2 Å². The Kier molecular flexibility index (Phi) is 8.60. The van der Waals surface area contributed by atoms with Crippen molar-refractivity contribution in [3.05, 3.63) is 59.8 Å². The number of piperazine rings is 1. The quantitative estimate of drug-likeness (QED) is 0.583. The Morgan fingerprint density at radius 2 is 1.72 bits per heavy atom. The van der Waals surface area contributed by atoms with E-state index in [0.717, 1.165) is 31.0 Å². The van der Waals surface area contributed by atoms with Crippen molar-refractivity contribution >= 4 is 21.7 Å². The molecule has 0 spiro atoms. The first kappa shape index (κ1) is 24.2. The van der Waals surface area contributed by atoms with Crippen molar-refractivity contribution in [2.24, 2.45) is 0 Å². The van der Waals surface area contributed by atoms with E-state index in [1.54, 1.807) is 18.3 Å². The summed E-state index contributed by atoms with van der Waals surface area (Å²) in [7, 11) is -3.43. The first-order chi connectivity index (χ1) is 15.4. The van der Waals surface area contributed by atoms with Crippen LogP contribution >= 0.6 is 0 Å². The van der Waals surface area contributed by atoms with Crippen molar-refractivity contribution < 1.29 is 13.2 Å². The second-order valence-corrected chi connectivity index (χ2v) is 9.89. The Morgan fingerprint density at radius 3 is 2.31 bits per heavy atom. The van der Waals surface area contributed by atoms with E-state index in [4.69, 9.17) is 0 Å². The molecule has 0 bridgehead atoms. The Morgan fingerprint density at radius 1 is 1.03 bits per heavy atom. The summed E-state index contributed by atoms with van der Waals surface area (Å²) in [6, 6.07) is 13.2. The molecule has 1 aliphatic rings. The highest BCUT2D eigenvalue weighted by atomic mass is 32.2. The van der Waals surface area contributed by atoms with Gasteiger partial charge in [0, 0.05) is 51.0 Å². The molecule has 9 heteroatoms. The molecular weight excluding hydrogens is 426 g/mol. The fourth-order valence-electron chi connectivity index (χ4n) is 3.73. The van der Waals surface area contributed by atoms with E-state index >= 15 is 0 Å². The van der Waals surface area contributed by atoms with E-state index in [0.29, 0.717) is 31.7 Å². The molecule has 0 atom stereocenters.